The molecule has 1 heterocycles. The fourth-order valence-corrected chi connectivity index (χ4v) is 2.73. The van der Waals surface area contributed by atoms with Gasteiger partial charge in [-0.25, -0.2) is 4.39 Å². The number of phenols is 1. The average Bonchev–Trinajstić information content (AvgIpc) is 2.66. The number of hydrogen-bond donors (Lipinski definition) is 1. The van der Waals surface area contributed by atoms with Crippen molar-refractivity contribution in [1.29, 1.82) is 0 Å². The van der Waals surface area contributed by atoms with Crippen molar-refractivity contribution in [2.24, 2.45) is 0 Å². The van der Waals surface area contributed by atoms with Gasteiger partial charge in [0.25, 0.3) is 0 Å². The molecule has 17 heavy (non-hydrogen) atoms. The van der Waals surface area contributed by atoms with Gasteiger partial charge in [0.15, 0.2) is 11.6 Å². The van der Waals surface area contributed by atoms with Crippen LogP contribution in [0, 0.1) is 5.82 Å². The summed E-state index contributed by atoms with van der Waals surface area (Å²) >= 11 is 0. The van der Waals surface area contributed by atoms with Crippen LogP contribution in [0.2, 0.25) is 0 Å². The standard InChI is InChI=1S/C14H20FNO/c1-3-12-8-7-10(2)16(12)9-11-5-4-6-13(15)14(11)17/h4-6,10,12,17H,3,7-9H2,1-2H3. The fraction of sp³-hybridized carbons (Fsp3) is 0.571. The number of aromatic hydroxyl groups is 1. The third-order valence-electron chi connectivity index (χ3n) is 3.85. The minimum atomic E-state index is -0.526. The van der Waals surface area contributed by atoms with Crippen molar-refractivity contribution in [3.63, 3.8) is 0 Å². The second kappa shape index (κ2) is 5.05. The van der Waals surface area contributed by atoms with Crippen molar-refractivity contribution in [2.75, 3.05) is 0 Å². The van der Waals surface area contributed by atoms with E-state index >= 15 is 0 Å². The van der Waals surface area contributed by atoms with Gasteiger partial charge in [0.1, 0.15) is 0 Å². The minimum absolute atomic E-state index is 0.193. The Balaban J connectivity index is 2.17. The fourth-order valence-electron chi connectivity index (χ4n) is 2.73. The second-order valence-electron chi connectivity index (χ2n) is 4.91. The maximum Gasteiger partial charge on any atom is 0.165 e. The van der Waals surface area contributed by atoms with Crippen LogP contribution >= 0.6 is 0 Å². The summed E-state index contributed by atoms with van der Waals surface area (Å²) in [4.78, 5) is 2.37. The van der Waals surface area contributed by atoms with Gasteiger partial charge < -0.3 is 5.11 Å². The Kier molecular flexibility index (Phi) is 3.67. The summed E-state index contributed by atoms with van der Waals surface area (Å²) in [6, 6.07) is 5.83. The van der Waals surface area contributed by atoms with Crippen molar-refractivity contribution in [1.82, 2.24) is 4.90 Å². The van der Waals surface area contributed by atoms with Gasteiger partial charge in [-0.3, -0.25) is 4.90 Å². The van der Waals surface area contributed by atoms with Crippen LogP contribution in [0.4, 0.5) is 4.39 Å². The third-order valence-corrected chi connectivity index (χ3v) is 3.85. The molecule has 0 bridgehead atoms. The van der Waals surface area contributed by atoms with Crippen molar-refractivity contribution >= 4 is 0 Å². The van der Waals surface area contributed by atoms with Gasteiger partial charge in [0.2, 0.25) is 0 Å². The van der Waals surface area contributed by atoms with Gasteiger partial charge in [-0.05, 0) is 32.3 Å². The van der Waals surface area contributed by atoms with Crippen LogP contribution in [0.1, 0.15) is 38.7 Å². The Morgan fingerprint density at radius 2 is 2.18 bits per heavy atom. The molecule has 1 saturated heterocycles. The zero-order valence-electron chi connectivity index (χ0n) is 10.5. The highest BCUT2D eigenvalue weighted by molar-refractivity contribution is 5.33. The highest BCUT2D eigenvalue weighted by atomic mass is 19.1. The highest BCUT2D eigenvalue weighted by Gasteiger charge is 2.29. The Hall–Kier alpha value is -1.09. The topological polar surface area (TPSA) is 23.5 Å². The Labute approximate surface area is 102 Å². The molecule has 2 atom stereocenters. The molecule has 1 aliphatic rings. The van der Waals surface area contributed by atoms with Crippen LogP contribution in [-0.4, -0.2) is 22.1 Å². The number of benzene rings is 1. The molecule has 0 aliphatic carbocycles. The molecule has 1 aromatic carbocycles. The molecule has 94 valence electrons. The number of nitrogens with zero attached hydrogens (tertiary/aromatic N) is 1. The molecular weight excluding hydrogens is 217 g/mol. The van der Waals surface area contributed by atoms with Crippen molar-refractivity contribution in [3.8, 4) is 5.75 Å². The van der Waals surface area contributed by atoms with E-state index in [0.29, 0.717) is 24.2 Å². The molecule has 1 N–H and O–H groups in total. The summed E-state index contributed by atoms with van der Waals surface area (Å²) in [7, 11) is 0. The summed E-state index contributed by atoms with van der Waals surface area (Å²) in [5, 5.41) is 9.70. The van der Waals surface area contributed by atoms with Gasteiger partial charge in [-0.1, -0.05) is 19.1 Å². The van der Waals surface area contributed by atoms with E-state index < -0.39 is 5.82 Å². The molecule has 1 aromatic rings. The summed E-state index contributed by atoms with van der Waals surface area (Å²) in [6.07, 6.45) is 3.50. The average molecular weight is 237 g/mol. The molecule has 2 unspecified atom stereocenters. The zero-order valence-corrected chi connectivity index (χ0v) is 10.5. The van der Waals surface area contributed by atoms with Crippen molar-refractivity contribution in [2.45, 2.75) is 51.7 Å². The van der Waals surface area contributed by atoms with E-state index in [2.05, 4.69) is 18.7 Å². The van der Waals surface area contributed by atoms with Crippen LogP contribution in [-0.2, 0) is 6.54 Å². The molecule has 0 spiro atoms. The monoisotopic (exact) mass is 237 g/mol. The molecule has 0 radical (unpaired) electrons. The Bertz CT molecular complexity index is 394. The Morgan fingerprint density at radius 3 is 2.88 bits per heavy atom. The van der Waals surface area contributed by atoms with E-state index in [1.807, 2.05) is 0 Å². The van der Waals surface area contributed by atoms with Gasteiger partial charge in [0, 0.05) is 24.2 Å². The molecule has 2 nitrogen and oxygen atoms in total. The maximum atomic E-state index is 13.3. The molecule has 2 rings (SSSR count). The summed E-state index contributed by atoms with van der Waals surface area (Å²) < 4.78 is 13.3. The molecule has 1 fully saturated rings. The number of phenolic OH excluding ortho intramolecular Hbond substituents is 1. The van der Waals surface area contributed by atoms with Gasteiger partial charge in [-0.2, -0.15) is 0 Å². The van der Waals surface area contributed by atoms with E-state index in [4.69, 9.17) is 0 Å². The van der Waals surface area contributed by atoms with Crippen LogP contribution < -0.4 is 0 Å². The number of hydrogen-bond acceptors (Lipinski definition) is 2. The number of likely N-dealkylation sites (tertiary alicyclic amines) is 1. The SMILES string of the molecule is CCC1CCC(C)N1Cc1cccc(F)c1O. The van der Waals surface area contributed by atoms with E-state index in [0.717, 1.165) is 6.42 Å². The molecule has 1 aliphatic heterocycles. The lowest BCUT2D eigenvalue weighted by atomic mass is 10.1. The van der Waals surface area contributed by atoms with Crippen LogP contribution in [0.3, 0.4) is 0 Å². The first-order valence-electron chi connectivity index (χ1n) is 6.35. The van der Waals surface area contributed by atoms with Crippen LogP contribution in [0.5, 0.6) is 5.75 Å². The summed E-state index contributed by atoms with van der Waals surface area (Å²) in [5.74, 6) is -0.719. The molecule has 3 heteroatoms. The predicted octanol–water partition coefficient (Wildman–Crippen LogP) is 3.29. The van der Waals surface area contributed by atoms with Gasteiger partial charge in [0.05, 0.1) is 0 Å². The molecule has 0 amide bonds. The number of halogens is 1. The summed E-state index contributed by atoms with van der Waals surface area (Å²) in [6.45, 7) is 5.02. The molecule has 0 aromatic heterocycles. The van der Waals surface area contributed by atoms with E-state index in [9.17, 15) is 9.50 Å². The lowest BCUT2D eigenvalue weighted by molar-refractivity contribution is 0.187. The zero-order chi connectivity index (χ0) is 12.4. The number of rotatable bonds is 3. The van der Waals surface area contributed by atoms with Crippen LogP contribution in [0.25, 0.3) is 0 Å². The largest absolute Gasteiger partial charge is 0.505 e. The molecule has 0 saturated carbocycles. The summed E-state index contributed by atoms with van der Waals surface area (Å²) in [5.41, 5.74) is 0.692. The Morgan fingerprint density at radius 1 is 1.41 bits per heavy atom. The van der Waals surface area contributed by atoms with Crippen molar-refractivity contribution < 1.29 is 9.50 Å². The lowest BCUT2D eigenvalue weighted by Gasteiger charge is -2.28. The van der Waals surface area contributed by atoms with E-state index in [1.54, 1.807) is 12.1 Å². The minimum Gasteiger partial charge on any atom is -0.505 e. The predicted molar refractivity (Wildman–Crippen MR) is 66.4 cm³/mol. The quantitative estimate of drug-likeness (QED) is 0.872. The van der Waals surface area contributed by atoms with Crippen molar-refractivity contribution in [3.05, 3.63) is 29.6 Å². The normalized spacial score (nSPS) is 25.4. The van der Waals surface area contributed by atoms with Gasteiger partial charge >= 0.3 is 0 Å². The lowest BCUT2D eigenvalue weighted by Crippen LogP contribution is -2.33. The first-order valence-corrected chi connectivity index (χ1v) is 6.35. The van der Waals surface area contributed by atoms with E-state index in [1.165, 1.54) is 18.9 Å². The first-order chi connectivity index (χ1) is 8.13. The number of para-hydroxylation sites is 1. The van der Waals surface area contributed by atoms with Gasteiger partial charge in [-0.15, -0.1) is 0 Å². The van der Waals surface area contributed by atoms with Crippen LogP contribution in [0.15, 0.2) is 18.2 Å². The maximum absolute atomic E-state index is 13.3. The smallest absolute Gasteiger partial charge is 0.165 e. The van der Waals surface area contributed by atoms with E-state index in [-0.39, 0.29) is 5.75 Å². The highest BCUT2D eigenvalue weighted by Crippen LogP contribution is 2.30. The first kappa shape index (κ1) is 12.4. The second-order valence-corrected chi connectivity index (χ2v) is 4.91. The molecular formula is C14H20FNO. The third kappa shape index (κ3) is 2.44.